The van der Waals surface area contributed by atoms with E-state index in [1.165, 1.54) is 0 Å². The summed E-state index contributed by atoms with van der Waals surface area (Å²) in [5.41, 5.74) is 6.28. The summed E-state index contributed by atoms with van der Waals surface area (Å²) in [5.74, 6) is -3.46. The molecule has 0 heterocycles. The summed E-state index contributed by atoms with van der Waals surface area (Å²) in [5, 5.41) is 17.5. The van der Waals surface area contributed by atoms with Crippen LogP contribution in [0.2, 0.25) is 0 Å². The third-order valence-corrected chi connectivity index (χ3v) is 2.56. The highest BCUT2D eigenvalue weighted by atomic mass is 16.6. The summed E-state index contributed by atoms with van der Waals surface area (Å²) >= 11 is 0. The van der Waals surface area contributed by atoms with Crippen LogP contribution in [0.25, 0.3) is 0 Å². The van der Waals surface area contributed by atoms with Crippen molar-refractivity contribution in [3.8, 4) is 0 Å². The normalized spacial score (nSPS) is 13.2. The second-order valence-corrected chi connectivity index (χ2v) is 4.08. The standard InChI is InChI=1S/C13H15NO6/c14-11(8-4-2-1-3-5-8)12(13(18)19)20-10(17)7-6-9(15)16/h1-5,11-12H,6-7,14H2,(H,15,16)(H,18,19)/t11-,12+/m0/s1. The van der Waals surface area contributed by atoms with E-state index in [0.29, 0.717) is 5.56 Å². The van der Waals surface area contributed by atoms with Gasteiger partial charge in [-0.15, -0.1) is 0 Å². The first-order chi connectivity index (χ1) is 9.41. The molecule has 0 aliphatic carbocycles. The van der Waals surface area contributed by atoms with Gasteiger partial charge in [-0.2, -0.15) is 0 Å². The van der Waals surface area contributed by atoms with Crippen LogP contribution in [0, 0.1) is 0 Å². The Morgan fingerprint density at radius 3 is 2.20 bits per heavy atom. The molecule has 0 saturated carbocycles. The summed E-state index contributed by atoms with van der Waals surface area (Å²) < 4.78 is 4.75. The van der Waals surface area contributed by atoms with E-state index in [2.05, 4.69) is 0 Å². The SMILES string of the molecule is N[C@@H](c1ccccc1)[C@@H](OC(=O)CCC(=O)O)C(=O)O. The van der Waals surface area contributed by atoms with Gasteiger partial charge in [0.25, 0.3) is 0 Å². The molecule has 2 atom stereocenters. The van der Waals surface area contributed by atoms with Crippen molar-refractivity contribution in [2.45, 2.75) is 25.0 Å². The van der Waals surface area contributed by atoms with E-state index in [1.807, 2.05) is 0 Å². The number of hydrogen-bond donors (Lipinski definition) is 3. The lowest BCUT2D eigenvalue weighted by atomic mass is 10.0. The van der Waals surface area contributed by atoms with E-state index in [4.69, 9.17) is 20.7 Å². The quantitative estimate of drug-likeness (QED) is 0.622. The molecule has 1 rings (SSSR count). The molecule has 20 heavy (non-hydrogen) atoms. The summed E-state index contributed by atoms with van der Waals surface area (Å²) in [7, 11) is 0. The number of hydrogen-bond acceptors (Lipinski definition) is 5. The molecule has 4 N–H and O–H groups in total. The summed E-state index contributed by atoms with van der Waals surface area (Å²) in [6.07, 6.45) is -2.38. The zero-order chi connectivity index (χ0) is 15.1. The van der Waals surface area contributed by atoms with Crippen molar-refractivity contribution >= 4 is 17.9 Å². The topological polar surface area (TPSA) is 127 Å². The lowest BCUT2D eigenvalue weighted by molar-refractivity contribution is -0.166. The van der Waals surface area contributed by atoms with Crippen molar-refractivity contribution in [1.29, 1.82) is 0 Å². The van der Waals surface area contributed by atoms with Gasteiger partial charge in [-0.25, -0.2) is 4.79 Å². The van der Waals surface area contributed by atoms with Crippen LogP contribution in [0.5, 0.6) is 0 Å². The first-order valence-corrected chi connectivity index (χ1v) is 5.86. The summed E-state index contributed by atoms with van der Waals surface area (Å²) in [6, 6.07) is 7.31. The van der Waals surface area contributed by atoms with Gasteiger partial charge in [0.1, 0.15) is 0 Å². The number of aliphatic carboxylic acids is 2. The Morgan fingerprint density at radius 2 is 1.70 bits per heavy atom. The highest BCUT2D eigenvalue weighted by Gasteiger charge is 2.30. The molecule has 1 aromatic carbocycles. The first kappa shape index (κ1) is 15.6. The third-order valence-electron chi connectivity index (χ3n) is 2.56. The van der Waals surface area contributed by atoms with Gasteiger partial charge < -0.3 is 20.7 Å². The monoisotopic (exact) mass is 281 g/mol. The number of benzene rings is 1. The molecule has 0 aromatic heterocycles. The number of carboxylic acids is 2. The molecular weight excluding hydrogens is 266 g/mol. The average Bonchev–Trinajstić information content (AvgIpc) is 2.42. The molecule has 108 valence electrons. The maximum atomic E-state index is 11.4. The van der Waals surface area contributed by atoms with Gasteiger partial charge in [0, 0.05) is 0 Å². The van der Waals surface area contributed by atoms with Crippen LogP contribution in [0.3, 0.4) is 0 Å². The van der Waals surface area contributed by atoms with Gasteiger partial charge in [-0.05, 0) is 5.56 Å². The predicted molar refractivity (Wildman–Crippen MR) is 67.8 cm³/mol. The Balaban J connectivity index is 2.72. The van der Waals surface area contributed by atoms with Crippen LogP contribution in [-0.4, -0.2) is 34.2 Å². The van der Waals surface area contributed by atoms with Crippen LogP contribution in [0.1, 0.15) is 24.4 Å². The molecular formula is C13H15NO6. The van der Waals surface area contributed by atoms with Gasteiger partial charge in [-0.3, -0.25) is 9.59 Å². The van der Waals surface area contributed by atoms with Crippen LogP contribution >= 0.6 is 0 Å². The van der Waals surface area contributed by atoms with E-state index >= 15 is 0 Å². The van der Waals surface area contributed by atoms with E-state index < -0.39 is 42.9 Å². The molecule has 7 nitrogen and oxygen atoms in total. The number of ether oxygens (including phenoxy) is 1. The highest BCUT2D eigenvalue weighted by molar-refractivity contribution is 5.81. The fourth-order valence-electron chi connectivity index (χ4n) is 1.54. The fraction of sp³-hybridized carbons (Fsp3) is 0.308. The van der Waals surface area contributed by atoms with Crippen molar-refractivity contribution in [2.75, 3.05) is 0 Å². The minimum absolute atomic E-state index is 0.402. The van der Waals surface area contributed by atoms with Crippen molar-refractivity contribution in [3.05, 3.63) is 35.9 Å². The second kappa shape index (κ2) is 7.25. The van der Waals surface area contributed by atoms with Gasteiger partial charge >= 0.3 is 17.9 Å². The minimum Gasteiger partial charge on any atom is -0.481 e. The van der Waals surface area contributed by atoms with E-state index in [9.17, 15) is 14.4 Å². The van der Waals surface area contributed by atoms with Crippen molar-refractivity contribution in [2.24, 2.45) is 5.73 Å². The van der Waals surface area contributed by atoms with E-state index in [1.54, 1.807) is 30.3 Å². The fourth-order valence-corrected chi connectivity index (χ4v) is 1.54. The molecule has 0 spiro atoms. The molecule has 0 bridgehead atoms. The van der Waals surface area contributed by atoms with Crippen molar-refractivity contribution < 1.29 is 29.3 Å². The Bertz CT molecular complexity index is 487. The minimum atomic E-state index is -1.56. The second-order valence-electron chi connectivity index (χ2n) is 4.08. The largest absolute Gasteiger partial charge is 0.481 e. The van der Waals surface area contributed by atoms with Crippen molar-refractivity contribution in [1.82, 2.24) is 0 Å². The Labute approximate surface area is 115 Å². The zero-order valence-electron chi connectivity index (χ0n) is 10.6. The van der Waals surface area contributed by atoms with Gasteiger partial charge in [0.2, 0.25) is 6.10 Å². The predicted octanol–water partition coefficient (Wildman–Crippen LogP) is 0.548. The molecule has 0 amide bonds. The van der Waals surface area contributed by atoms with E-state index in [-0.39, 0.29) is 0 Å². The Hall–Kier alpha value is -2.41. The number of esters is 1. The van der Waals surface area contributed by atoms with Crippen LogP contribution < -0.4 is 5.73 Å². The number of carbonyl (C=O) groups is 3. The highest BCUT2D eigenvalue weighted by Crippen LogP contribution is 2.17. The van der Waals surface area contributed by atoms with E-state index in [0.717, 1.165) is 0 Å². The maximum absolute atomic E-state index is 11.4. The van der Waals surface area contributed by atoms with Crippen LogP contribution in [0.4, 0.5) is 0 Å². The first-order valence-electron chi connectivity index (χ1n) is 5.86. The number of rotatable bonds is 7. The molecule has 0 aliphatic rings. The molecule has 0 radical (unpaired) electrons. The average molecular weight is 281 g/mol. The summed E-state index contributed by atoms with van der Waals surface area (Å²) in [4.78, 5) is 32.8. The molecule has 0 fully saturated rings. The van der Waals surface area contributed by atoms with Gasteiger partial charge in [-0.1, -0.05) is 30.3 Å². The van der Waals surface area contributed by atoms with Gasteiger partial charge in [0.15, 0.2) is 0 Å². The number of carbonyl (C=O) groups excluding carboxylic acids is 1. The van der Waals surface area contributed by atoms with Crippen molar-refractivity contribution in [3.63, 3.8) is 0 Å². The lowest BCUT2D eigenvalue weighted by Gasteiger charge is -2.20. The zero-order valence-corrected chi connectivity index (χ0v) is 10.6. The molecule has 0 unspecified atom stereocenters. The Morgan fingerprint density at radius 1 is 1.10 bits per heavy atom. The number of carboxylic acid groups (broad SMARTS) is 2. The molecule has 1 aromatic rings. The van der Waals surface area contributed by atoms with Crippen LogP contribution in [-0.2, 0) is 19.1 Å². The molecule has 0 aliphatic heterocycles. The maximum Gasteiger partial charge on any atom is 0.347 e. The molecule has 0 saturated heterocycles. The van der Waals surface area contributed by atoms with Crippen LogP contribution in [0.15, 0.2) is 30.3 Å². The number of nitrogens with two attached hydrogens (primary N) is 1. The third kappa shape index (κ3) is 4.69. The Kier molecular flexibility index (Phi) is 5.67. The smallest absolute Gasteiger partial charge is 0.347 e. The van der Waals surface area contributed by atoms with Gasteiger partial charge in [0.05, 0.1) is 18.9 Å². The lowest BCUT2D eigenvalue weighted by Crippen LogP contribution is -2.37. The summed E-state index contributed by atoms with van der Waals surface area (Å²) in [6.45, 7) is 0. The molecule has 7 heteroatoms.